The van der Waals surface area contributed by atoms with Gasteiger partial charge in [-0.1, -0.05) is 0 Å². The van der Waals surface area contributed by atoms with Gasteiger partial charge in [0.15, 0.2) is 5.65 Å². The number of carbonyl (C=O) groups is 1. The SMILES string of the molecule is N#CCC(=O)N1CCCC(c2ccnc3nnn4nccc4c23)C1. The minimum atomic E-state index is -0.102. The van der Waals surface area contributed by atoms with Crippen molar-refractivity contribution in [2.45, 2.75) is 25.2 Å². The molecule has 1 atom stereocenters. The molecule has 4 heterocycles. The molecule has 24 heavy (non-hydrogen) atoms. The van der Waals surface area contributed by atoms with Crippen LogP contribution >= 0.6 is 0 Å². The molecular weight excluding hydrogens is 306 g/mol. The van der Waals surface area contributed by atoms with Gasteiger partial charge in [0.25, 0.3) is 0 Å². The summed E-state index contributed by atoms with van der Waals surface area (Å²) in [5.74, 6) is 0.0876. The van der Waals surface area contributed by atoms with Gasteiger partial charge in [-0.25, -0.2) is 4.98 Å². The van der Waals surface area contributed by atoms with Crippen LogP contribution < -0.4 is 0 Å². The van der Waals surface area contributed by atoms with Crippen LogP contribution in [0, 0.1) is 11.3 Å². The second-order valence-corrected chi connectivity index (χ2v) is 5.91. The van der Waals surface area contributed by atoms with Crippen molar-refractivity contribution in [1.82, 2.24) is 29.9 Å². The van der Waals surface area contributed by atoms with Gasteiger partial charge in [-0.05, 0) is 35.8 Å². The molecule has 3 aromatic heterocycles. The molecule has 120 valence electrons. The summed E-state index contributed by atoms with van der Waals surface area (Å²) >= 11 is 0. The minimum absolute atomic E-state index is 0.0673. The van der Waals surface area contributed by atoms with E-state index >= 15 is 0 Å². The number of fused-ring (bicyclic) bond motifs is 3. The summed E-state index contributed by atoms with van der Waals surface area (Å²) in [5.41, 5.74) is 2.56. The van der Waals surface area contributed by atoms with E-state index in [-0.39, 0.29) is 18.2 Å². The molecule has 4 rings (SSSR count). The monoisotopic (exact) mass is 321 g/mol. The molecule has 0 bridgehead atoms. The Morgan fingerprint density at radius 1 is 1.38 bits per heavy atom. The molecule has 0 radical (unpaired) electrons. The summed E-state index contributed by atoms with van der Waals surface area (Å²) in [4.78, 5) is 18.2. The Morgan fingerprint density at radius 2 is 2.29 bits per heavy atom. The van der Waals surface area contributed by atoms with Crippen molar-refractivity contribution in [3.63, 3.8) is 0 Å². The van der Waals surface area contributed by atoms with Gasteiger partial charge in [0.05, 0.1) is 17.7 Å². The lowest BCUT2D eigenvalue weighted by Gasteiger charge is -2.33. The van der Waals surface area contributed by atoms with E-state index in [4.69, 9.17) is 5.26 Å². The van der Waals surface area contributed by atoms with Gasteiger partial charge in [0.1, 0.15) is 11.9 Å². The number of hydrogen-bond donors (Lipinski definition) is 0. The second kappa shape index (κ2) is 5.85. The lowest BCUT2D eigenvalue weighted by atomic mass is 9.89. The summed E-state index contributed by atoms with van der Waals surface area (Å²) in [5, 5.41) is 22.0. The van der Waals surface area contributed by atoms with Gasteiger partial charge in [0, 0.05) is 25.2 Å². The summed E-state index contributed by atoms with van der Waals surface area (Å²) in [6.45, 7) is 1.32. The maximum Gasteiger partial charge on any atom is 0.236 e. The fraction of sp³-hybridized carbons (Fsp3) is 0.375. The predicted molar refractivity (Wildman–Crippen MR) is 84.9 cm³/mol. The molecule has 0 aliphatic carbocycles. The number of carbonyl (C=O) groups excluding carboxylic acids is 1. The fourth-order valence-electron chi connectivity index (χ4n) is 3.42. The highest BCUT2D eigenvalue weighted by molar-refractivity contribution is 5.93. The molecule has 0 spiro atoms. The van der Waals surface area contributed by atoms with Crippen molar-refractivity contribution in [3.05, 3.63) is 30.1 Å². The number of amides is 1. The van der Waals surface area contributed by atoms with Gasteiger partial charge in [-0.15, -0.1) is 9.73 Å². The molecule has 1 aliphatic heterocycles. The van der Waals surface area contributed by atoms with Gasteiger partial charge >= 0.3 is 0 Å². The van der Waals surface area contributed by atoms with Crippen LogP contribution in [0.1, 0.15) is 30.7 Å². The number of piperidine rings is 1. The van der Waals surface area contributed by atoms with Crippen molar-refractivity contribution in [2.75, 3.05) is 13.1 Å². The fourth-order valence-corrected chi connectivity index (χ4v) is 3.42. The van der Waals surface area contributed by atoms with Crippen molar-refractivity contribution in [1.29, 1.82) is 5.26 Å². The Bertz CT molecular complexity index is 958. The Kier molecular flexibility index (Phi) is 3.54. The molecule has 0 aromatic carbocycles. The highest BCUT2D eigenvalue weighted by Gasteiger charge is 2.26. The molecule has 1 amide bonds. The first-order valence-electron chi connectivity index (χ1n) is 7.88. The minimum Gasteiger partial charge on any atom is -0.341 e. The van der Waals surface area contributed by atoms with E-state index in [1.807, 2.05) is 18.2 Å². The Labute approximate surface area is 137 Å². The average Bonchev–Trinajstić information content (AvgIpc) is 3.10. The average molecular weight is 321 g/mol. The highest BCUT2D eigenvalue weighted by atomic mass is 16.2. The maximum absolute atomic E-state index is 12.1. The number of likely N-dealkylation sites (tertiary alicyclic amines) is 1. The van der Waals surface area contributed by atoms with Crippen molar-refractivity contribution >= 4 is 22.5 Å². The van der Waals surface area contributed by atoms with Crippen molar-refractivity contribution in [3.8, 4) is 6.07 Å². The number of nitriles is 1. The van der Waals surface area contributed by atoms with E-state index in [0.717, 1.165) is 29.3 Å². The van der Waals surface area contributed by atoms with Crippen LogP contribution in [0.15, 0.2) is 24.5 Å². The molecule has 8 nitrogen and oxygen atoms in total. The number of aromatic nitrogens is 5. The van der Waals surface area contributed by atoms with Crippen molar-refractivity contribution in [2.24, 2.45) is 0 Å². The summed E-state index contributed by atoms with van der Waals surface area (Å²) in [6.07, 6.45) is 5.25. The molecule has 1 unspecified atom stereocenters. The van der Waals surface area contributed by atoms with E-state index in [0.29, 0.717) is 18.7 Å². The van der Waals surface area contributed by atoms with E-state index in [9.17, 15) is 4.79 Å². The largest absolute Gasteiger partial charge is 0.341 e. The highest BCUT2D eigenvalue weighted by Crippen LogP contribution is 2.32. The van der Waals surface area contributed by atoms with Gasteiger partial charge in [-0.3, -0.25) is 4.79 Å². The number of rotatable bonds is 2. The number of hydrogen-bond acceptors (Lipinski definition) is 6. The molecule has 1 saturated heterocycles. The van der Waals surface area contributed by atoms with Crippen LogP contribution in [-0.2, 0) is 4.79 Å². The Hall–Kier alpha value is -3.08. The van der Waals surface area contributed by atoms with Crippen LogP contribution in [-0.4, -0.2) is 48.9 Å². The number of nitrogens with zero attached hydrogens (tertiary/aromatic N) is 7. The third kappa shape index (κ3) is 2.34. The molecule has 1 aliphatic rings. The van der Waals surface area contributed by atoms with Crippen molar-refractivity contribution < 1.29 is 4.79 Å². The molecule has 1 fully saturated rings. The molecule has 0 saturated carbocycles. The zero-order valence-electron chi connectivity index (χ0n) is 13.0. The van der Waals surface area contributed by atoms with Gasteiger partial charge in [0.2, 0.25) is 5.91 Å². The summed E-state index contributed by atoms with van der Waals surface area (Å²) in [6, 6.07) is 5.82. The smallest absolute Gasteiger partial charge is 0.236 e. The standard InChI is InChI=1S/C16H15N7O/c17-6-3-14(24)22-9-1-2-11(10-22)12-4-7-18-16-15(12)13-5-8-19-23(13)21-20-16/h4-5,7-8,11H,1-3,9-10H2. The second-order valence-electron chi connectivity index (χ2n) is 5.91. The first-order valence-corrected chi connectivity index (χ1v) is 7.88. The van der Waals surface area contributed by atoms with Gasteiger partial charge in [-0.2, -0.15) is 10.4 Å². The molecule has 3 aromatic rings. The molecule has 8 heteroatoms. The lowest BCUT2D eigenvalue weighted by molar-refractivity contribution is -0.131. The third-order valence-corrected chi connectivity index (χ3v) is 4.51. The van der Waals surface area contributed by atoms with Crippen LogP contribution in [0.5, 0.6) is 0 Å². The number of pyridine rings is 1. The molecular formula is C16H15N7O. The topological polar surface area (TPSA) is 100 Å². The lowest BCUT2D eigenvalue weighted by Crippen LogP contribution is -2.38. The van der Waals surface area contributed by atoms with Crippen LogP contribution in [0.3, 0.4) is 0 Å². The third-order valence-electron chi connectivity index (χ3n) is 4.51. The van der Waals surface area contributed by atoms with E-state index in [1.54, 1.807) is 17.3 Å². The van der Waals surface area contributed by atoms with Crippen LogP contribution in [0.4, 0.5) is 0 Å². The summed E-state index contributed by atoms with van der Waals surface area (Å²) in [7, 11) is 0. The summed E-state index contributed by atoms with van der Waals surface area (Å²) < 4.78 is 1.49. The quantitative estimate of drug-likeness (QED) is 0.705. The Morgan fingerprint density at radius 3 is 3.17 bits per heavy atom. The van der Waals surface area contributed by atoms with E-state index in [1.165, 1.54) is 4.63 Å². The van der Waals surface area contributed by atoms with Gasteiger partial charge < -0.3 is 4.90 Å². The maximum atomic E-state index is 12.1. The normalized spacial score (nSPS) is 18.0. The molecule has 0 N–H and O–H groups in total. The van der Waals surface area contributed by atoms with Crippen LogP contribution in [0.2, 0.25) is 0 Å². The van der Waals surface area contributed by atoms with E-state index in [2.05, 4.69) is 20.4 Å². The first-order chi connectivity index (χ1) is 11.8. The van der Waals surface area contributed by atoms with Crippen LogP contribution in [0.25, 0.3) is 16.6 Å². The predicted octanol–water partition coefficient (Wildman–Crippen LogP) is 1.29. The zero-order valence-corrected chi connectivity index (χ0v) is 13.0. The Balaban J connectivity index is 1.77. The first kappa shape index (κ1) is 14.5. The zero-order chi connectivity index (χ0) is 16.5. The van der Waals surface area contributed by atoms with E-state index < -0.39 is 0 Å².